The summed E-state index contributed by atoms with van der Waals surface area (Å²) in [6.45, 7) is 2.68. The summed E-state index contributed by atoms with van der Waals surface area (Å²) in [5, 5.41) is 2.89. The number of amides is 1. The Labute approximate surface area is 180 Å². The number of fused-ring (bicyclic) bond motifs is 1. The molecular formula is C22H22N2O6S. The number of sulfonamides is 1. The average Bonchev–Trinajstić information content (AvgIpc) is 3.26. The van der Waals surface area contributed by atoms with Gasteiger partial charge in [-0.15, -0.1) is 0 Å². The maximum atomic E-state index is 12.7. The van der Waals surface area contributed by atoms with E-state index in [1.807, 2.05) is 13.0 Å². The van der Waals surface area contributed by atoms with E-state index in [4.69, 9.17) is 13.9 Å². The molecule has 1 aliphatic rings. The first-order valence-corrected chi connectivity index (χ1v) is 11.2. The van der Waals surface area contributed by atoms with Crippen molar-refractivity contribution < 1.29 is 27.1 Å². The SMILES string of the molecule is CC(Cc1ccco1)NC(=O)c1ccc(NS(=O)(=O)c2ccc3c(c2)OCCO3)cc1. The Morgan fingerprint density at radius 2 is 1.77 bits per heavy atom. The summed E-state index contributed by atoms with van der Waals surface area (Å²) in [5.41, 5.74) is 0.767. The van der Waals surface area contributed by atoms with E-state index in [2.05, 4.69) is 10.0 Å². The van der Waals surface area contributed by atoms with Crippen LogP contribution in [0, 0.1) is 0 Å². The van der Waals surface area contributed by atoms with Gasteiger partial charge in [-0.3, -0.25) is 9.52 Å². The second-order valence-corrected chi connectivity index (χ2v) is 8.83. The fourth-order valence-electron chi connectivity index (χ4n) is 3.18. The van der Waals surface area contributed by atoms with Crippen LogP contribution in [0.2, 0.25) is 0 Å². The minimum atomic E-state index is -3.82. The van der Waals surface area contributed by atoms with Crippen molar-refractivity contribution in [3.63, 3.8) is 0 Å². The van der Waals surface area contributed by atoms with Crippen LogP contribution in [0.15, 0.2) is 70.2 Å². The molecule has 0 saturated heterocycles. The highest BCUT2D eigenvalue weighted by atomic mass is 32.2. The molecule has 0 bridgehead atoms. The highest BCUT2D eigenvalue weighted by Gasteiger charge is 2.20. The Morgan fingerprint density at radius 3 is 2.48 bits per heavy atom. The summed E-state index contributed by atoms with van der Waals surface area (Å²) >= 11 is 0. The highest BCUT2D eigenvalue weighted by molar-refractivity contribution is 7.92. The van der Waals surface area contributed by atoms with Crippen LogP contribution in [0.5, 0.6) is 11.5 Å². The number of carbonyl (C=O) groups excluding carboxylic acids is 1. The topological polar surface area (TPSA) is 107 Å². The van der Waals surface area contributed by atoms with Gasteiger partial charge in [0.15, 0.2) is 11.5 Å². The molecule has 3 aromatic rings. The van der Waals surface area contributed by atoms with E-state index in [9.17, 15) is 13.2 Å². The summed E-state index contributed by atoms with van der Waals surface area (Å²) in [7, 11) is -3.82. The van der Waals surface area contributed by atoms with E-state index in [1.165, 1.54) is 12.1 Å². The van der Waals surface area contributed by atoms with Crippen molar-refractivity contribution in [3.05, 3.63) is 72.2 Å². The molecule has 1 aliphatic heterocycles. The van der Waals surface area contributed by atoms with Crippen LogP contribution < -0.4 is 19.5 Å². The van der Waals surface area contributed by atoms with Crippen LogP contribution in [0.3, 0.4) is 0 Å². The van der Waals surface area contributed by atoms with Crippen LogP contribution in [-0.2, 0) is 16.4 Å². The van der Waals surface area contributed by atoms with Crippen molar-refractivity contribution >= 4 is 21.6 Å². The summed E-state index contributed by atoms with van der Waals surface area (Å²) in [6, 6.07) is 14.2. The zero-order valence-corrected chi connectivity index (χ0v) is 17.6. The molecule has 0 saturated carbocycles. The molecule has 162 valence electrons. The lowest BCUT2D eigenvalue weighted by Gasteiger charge is -2.19. The molecule has 2 aromatic carbocycles. The number of anilines is 1. The first-order valence-electron chi connectivity index (χ1n) is 9.76. The number of carbonyl (C=O) groups is 1. The molecule has 0 radical (unpaired) electrons. The average molecular weight is 442 g/mol. The standard InChI is InChI=1S/C22H22N2O6S/c1-15(13-18-3-2-10-28-18)23-22(25)16-4-6-17(7-5-16)24-31(26,27)19-8-9-20-21(14-19)30-12-11-29-20/h2-10,14-15,24H,11-13H2,1H3,(H,23,25). The summed E-state index contributed by atoms with van der Waals surface area (Å²) in [4.78, 5) is 12.5. The maximum Gasteiger partial charge on any atom is 0.262 e. The predicted octanol–water partition coefficient (Wildman–Crippen LogP) is 3.21. The Hall–Kier alpha value is -3.46. The molecule has 4 rings (SSSR count). The molecule has 0 fully saturated rings. The molecule has 8 nitrogen and oxygen atoms in total. The summed E-state index contributed by atoms with van der Waals surface area (Å²) < 4.78 is 44.1. The molecule has 0 spiro atoms. The lowest BCUT2D eigenvalue weighted by molar-refractivity contribution is 0.0939. The van der Waals surface area contributed by atoms with E-state index < -0.39 is 10.0 Å². The lowest BCUT2D eigenvalue weighted by atomic mass is 10.1. The van der Waals surface area contributed by atoms with Gasteiger partial charge in [-0.2, -0.15) is 0 Å². The smallest absolute Gasteiger partial charge is 0.262 e. The minimum absolute atomic E-state index is 0.0605. The van der Waals surface area contributed by atoms with Crippen molar-refractivity contribution in [2.45, 2.75) is 24.3 Å². The number of hydrogen-bond donors (Lipinski definition) is 2. The molecule has 2 N–H and O–H groups in total. The third kappa shape index (κ3) is 5.00. The van der Waals surface area contributed by atoms with Gasteiger partial charge in [0.25, 0.3) is 15.9 Å². The molecule has 1 unspecified atom stereocenters. The number of hydrogen-bond acceptors (Lipinski definition) is 6. The second kappa shape index (κ2) is 8.73. The number of nitrogens with one attached hydrogen (secondary N) is 2. The quantitative estimate of drug-likeness (QED) is 0.582. The second-order valence-electron chi connectivity index (χ2n) is 7.15. The van der Waals surface area contributed by atoms with Gasteiger partial charge >= 0.3 is 0 Å². The molecule has 0 aliphatic carbocycles. The van der Waals surface area contributed by atoms with Gasteiger partial charge in [-0.05, 0) is 55.5 Å². The van der Waals surface area contributed by atoms with Crippen LogP contribution in [0.1, 0.15) is 23.0 Å². The van der Waals surface area contributed by atoms with Gasteiger partial charge in [0.2, 0.25) is 0 Å². The Kier molecular flexibility index (Phi) is 5.85. The monoisotopic (exact) mass is 442 g/mol. The van der Waals surface area contributed by atoms with E-state index >= 15 is 0 Å². The van der Waals surface area contributed by atoms with Crippen molar-refractivity contribution in [1.29, 1.82) is 0 Å². The minimum Gasteiger partial charge on any atom is -0.486 e. The van der Waals surface area contributed by atoms with Crippen molar-refractivity contribution in [2.75, 3.05) is 17.9 Å². The van der Waals surface area contributed by atoms with Gasteiger partial charge in [0, 0.05) is 29.8 Å². The largest absolute Gasteiger partial charge is 0.486 e. The predicted molar refractivity (Wildman–Crippen MR) is 114 cm³/mol. The van der Waals surface area contributed by atoms with E-state index in [-0.39, 0.29) is 16.8 Å². The van der Waals surface area contributed by atoms with Crippen LogP contribution in [-0.4, -0.2) is 33.6 Å². The van der Waals surface area contributed by atoms with Crippen LogP contribution in [0.25, 0.3) is 0 Å². The Morgan fingerprint density at radius 1 is 1.03 bits per heavy atom. The molecular weight excluding hydrogens is 420 g/mol. The lowest BCUT2D eigenvalue weighted by Crippen LogP contribution is -2.33. The highest BCUT2D eigenvalue weighted by Crippen LogP contribution is 2.32. The first kappa shape index (κ1) is 20.8. The third-order valence-corrected chi connectivity index (χ3v) is 6.07. The molecule has 31 heavy (non-hydrogen) atoms. The number of benzene rings is 2. The van der Waals surface area contributed by atoms with E-state index in [0.29, 0.717) is 42.4 Å². The van der Waals surface area contributed by atoms with Gasteiger partial charge in [0.1, 0.15) is 19.0 Å². The van der Waals surface area contributed by atoms with Gasteiger partial charge in [0.05, 0.1) is 11.2 Å². The maximum absolute atomic E-state index is 12.7. The third-order valence-electron chi connectivity index (χ3n) is 4.69. The summed E-state index contributed by atoms with van der Waals surface area (Å²) in [6.07, 6.45) is 2.17. The number of rotatable bonds is 7. The van der Waals surface area contributed by atoms with Crippen molar-refractivity contribution in [1.82, 2.24) is 5.32 Å². The summed E-state index contributed by atoms with van der Waals surface area (Å²) in [5.74, 6) is 1.45. The van der Waals surface area contributed by atoms with Crippen LogP contribution in [0.4, 0.5) is 5.69 Å². The fraction of sp³-hybridized carbons (Fsp3) is 0.227. The first-order chi connectivity index (χ1) is 14.9. The van der Waals surface area contributed by atoms with E-state index in [1.54, 1.807) is 42.7 Å². The van der Waals surface area contributed by atoms with E-state index in [0.717, 1.165) is 5.76 Å². The van der Waals surface area contributed by atoms with Gasteiger partial charge < -0.3 is 19.2 Å². The number of furan rings is 1. The van der Waals surface area contributed by atoms with Crippen molar-refractivity contribution in [2.24, 2.45) is 0 Å². The molecule has 1 aromatic heterocycles. The normalized spacial score (nSPS) is 14.0. The molecule has 2 heterocycles. The Balaban J connectivity index is 1.40. The van der Waals surface area contributed by atoms with Crippen LogP contribution >= 0.6 is 0 Å². The van der Waals surface area contributed by atoms with Gasteiger partial charge in [-0.1, -0.05) is 0 Å². The van der Waals surface area contributed by atoms with Crippen molar-refractivity contribution in [3.8, 4) is 11.5 Å². The van der Waals surface area contributed by atoms with Gasteiger partial charge in [-0.25, -0.2) is 8.42 Å². The number of ether oxygens (including phenoxy) is 2. The fourth-order valence-corrected chi connectivity index (χ4v) is 4.26. The molecule has 9 heteroatoms. The molecule has 1 atom stereocenters. The zero-order chi connectivity index (χ0) is 21.8. The Bertz CT molecular complexity index is 1160. The zero-order valence-electron chi connectivity index (χ0n) is 16.8. The molecule has 1 amide bonds.